The molecule has 0 spiro atoms. The second-order valence-electron chi connectivity index (χ2n) is 3.35. The Morgan fingerprint density at radius 3 is 2.75 bits per heavy atom. The fraction of sp³-hybridized carbons (Fsp3) is 0.0909. The van der Waals surface area contributed by atoms with Gasteiger partial charge in [0, 0.05) is 6.20 Å². The standard InChI is InChI=1S/C11H8F2N2O/c1-6-2-3-8(12)9(10(6)13)7-4-14-5-15-11(7)16/h2-5H,1H3,(H,14,15,16). The number of nitrogens with one attached hydrogen (secondary N) is 1. The first-order chi connectivity index (χ1) is 7.61. The lowest BCUT2D eigenvalue weighted by atomic mass is 10.0. The summed E-state index contributed by atoms with van der Waals surface area (Å²) in [6, 6.07) is 2.44. The highest BCUT2D eigenvalue weighted by Gasteiger charge is 2.16. The molecule has 0 atom stereocenters. The zero-order valence-corrected chi connectivity index (χ0v) is 8.42. The lowest BCUT2D eigenvalue weighted by molar-refractivity contribution is 0.583. The summed E-state index contributed by atoms with van der Waals surface area (Å²) >= 11 is 0. The van der Waals surface area contributed by atoms with Gasteiger partial charge in [-0.15, -0.1) is 0 Å². The monoisotopic (exact) mass is 222 g/mol. The van der Waals surface area contributed by atoms with Gasteiger partial charge in [-0.1, -0.05) is 6.07 Å². The molecule has 0 amide bonds. The number of aryl methyl sites for hydroxylation is 1. The smallest absolute Gasteiger partial charge is 0.258 e. The maximum Gasteiger partial charge on any atom is 0.258 e. The molecule has 0 radical (unpaired) electrons. The molecule has 0 aliphatic heterocycles. The summed E-state index contributed by atoms with van der Waals surface area (Å²) in [6.07, 6.45) is 2.30. The molecule has 1 heterocycles. The van der Waals surface area contributed by atoms with Crippen LogP contribution in [-0.2, 0) is 0 Å². The number of benzene rings is 1. The second kappa shape index (κ2) is 3.84. The van der Waals surface area contributed by atoms with Crippen molar-refractivity contribution in [2.45, 2.75) is 6.92 Å². The zero-order chi connectivity index (χ0) is 11.7. The van der Waals surface area contributed by atoms with Crippen LogP contribution in [-0.4, -0.2) is 9.97 Å². The van der Waals surface area contributed by atoms with E-state index in [-0.39, 0.29) is 16.7 Å². The van der Waals surface area contributed by atoms with Crippen molar-refractivity contribution in [3.8, 4) is 11.1 Å². The van der Waals surface area contributed by atoms with Crippen LogP contribution in [0.15, 0.2) is 29.5 Å². The highest BCUT2D eigenvalue weighted by Crippen LogP contribution is 2.24. The Kier molecular flexibility index (Phi) is 2.52. The average Bonchev–Trinajstić information content (AvgIpc) is 2.27. The van der Waals surface area contributed by atoms with Crippen LogP contribution in [0, 0.1) is 18.6 Å². The van der Waals surface area contributed by atoms with Gasteiger partial charge < -0.3 is 4.98 Å². The van der Waals surface area contributed by atoms with E-state index in [1.54, 1.807) is 0 Å². The van der Waals surface area contributed by atoms with E-state index in [1.165, 1.54) is 13.0 Å². The van der Waals surface area contributed by atoms with Gasteiger partial charge in [0.1, 0.15) is 11.6 Å². The molecule has 3 nitrogen and oxygen atoms in total. The molecule has 5 heteroatoms. The largest absolute Gasteiger partial charge is 0.313 e. The Bertz CT molecular complexity index is 593. The summed E-state index contributed by atoms with van der Waals surface area (Å²) in [5.74, 6) is -1.51. The van der Waals surface area contributed by atoms with E-state index in [0.29, 0.717) is 0 Å². The molecule has 0 unspecified atom stereocenters. The van der Waals surface area contributed by atoms with Gasteiger partial charge in [0.15, 0.2) is 0 Å². The first-order valence-corrected chi connectivity index (χ1v) is 4.59. The first kappa shape index (κ1) is 10.5. The third kappa shape index (κ3) is 1.60. The Hall–Kier alpha value is -2.04. The van der Waals surface area contributed by atoms with Gasteiger partial charge in [-0.25, -0.2) is 13.8 Å². The molecule has 0 bridgehead atoms. The third-order valence-corrected chi connectivity index (χ3v) is 2.27. The Morgan fingerprint density at radius 1 is 1.31 bits per heavy atom. The van der Waals surface area contributed by atoms with Crippen molar-refractivity contribution >= 4 is 0 Å². The number of aromatic nitrogens is 2. The van der Waals surface area contributed by atoms with E-state index in [4.69, 9.17) is 0 Å². The fourth-order valence-electron chi connectivity index (χ4n) is 1.43. The quantitative estimate of drug-likeness (QED) is 0.802. The van der Waals surface area contributed by atoms with Crippen molar-refractivity contribution in [2.75, 3.05) is 0 Å². The van der Waals surface area contributed by atoms with Crippen LogP contribution < -0.4 is 5.56 Å². The Morgan fingerprint density at radius 2 is 2.06 bits per heavy atom. The minimum Gasteiger partial charge on any atom is -0.313 e. The molecule has 0 aliphatic rings. The lowest BCUT2D eigenvalue weighted by Gasteiger charge is -2.05. The van der Waals surface area contributed by atoms with Gasteiger partial charge in [0.25, 0.3) is 5.56 Å². The number of nitrogens with zero attached hydrogens (tertiary/aromatic N) is 1. The first-order valence-electron chi connectivity index (χ1n) is 4.59. The van der Waals surface area contributed by atoms with Crippen molar-refractivity contribution in [1.29, 1.82) is 0 Å². The number of hydrogen-bond donors (Lipinski definition) is 1. The summed E-state index contributed by atoms with van der Waals surface area (Å²) < 4.78 is 27.2. The molecule has 0 fully saturated rings. The molecule has 1 N–H and O–H groups in total. The molecule has 0 saturated heterocycles. The van der Waals surface area contributed by atoms with Gasteiger partial charge in [0.05, 0.1) is 17.5 Å². The molecule has 0 aliphatic carbocycles. The molecular weight excluding hydrogens is 214 g/mol. The van der Waals surface area contributed by atoms with E-state index < -0.39 is 17.2 Å². The summed E-state index contributed by atoms with van der Waals surface area (Å²) in [5, 5.41) is 0. The number of H-pyrrole nitrogens is 1. The van der Waals surface area contributed by atoms with E-state index in [2.05, 4.69) is 9.97 Å². The lowest BCUT2D eigenvalue weighted by Crippen LogP contribution is -2.10. The maximum absolute atomic E-state index is 13.7. The van der Waals surface area contributed by atoms with Crippen LogP contribution in [0.25, 0.3) is 11.1 Å². The predicted octanol–water partition coefficient (Wildman–Crippen LogP) is 2.02. The van der Waals surface area contributed by atoms with E-state index >= 15 is 0 Å². The molecule has 82 valence electrons. The number of rotatable bonds is 1. The SMILES string of the molecule is Cc1ccc(F)c(-c2cnc[nH]c2=O)c1F. The normalized spacial score (nSPS) is 10.4. The van der Waals surface area contributed by atoms with Gasteiger partial charge >= 0.3 is 0 Å². The number of aromatic amines is 1. The minimum atomic E-state index is -0.776. The molecular formula is C11H8F2N2O. The van der Waals surface area contributed by atoms with Crippen molar-refractivity contribution in [3.05, 3.63) is 52.2 Å². The van der Waals surface area contributed by atoms with E-state index in [9.17, 15) is 13.6 Å². The highest BCUT2D eigenvalue weighted by atomic mass is 19.1. The minimum absolute atomic E-state index is 0.110. The second-order valence-corrected chi connectivity index (χ2v) is 3.35. The van der Waals surface area contributed by atoms with E-state index in [1.807, 2.05) is 0 Å². The summed E-state index contributed by atoms with van der Waals surface area (Å²) in [7, 11) is 0. The van der Waals surface area contributed by atoms with Gasteiger partial charge in [-0.05, 0) is 18.6 Å². The maximum atomic E-state index is 13.7. The summed E-state index contributed by atoms with van der Waals surface area (Å²) in [4.78, 5) is 17.3. The van der Waals surface area contributed by atoms with E-state index in [0.717, 1.165) is 18.6 Å². The van der Waals surface area contributed by atoms with Crippen LogP contribution in [0.3, 0.4) is 0 Å². The highest BCUT2D eigenvalue weighted by molar-refractivity contribution is 5.63. The summed E-state index contributed by atoms with van der Waals surface area (Å²) in [6.45, 7) is 1.50. The Balaban J connectivity index is 2.79. The van der Waals surface area contributed by atoms with Gasteiger partial charge in [-0.3, -0.25) is 4.79 Å². The zero-order valence-electron chi connectivity index (χ0n) is 8.42. The molecule has 0 saturated carbocycles. The summed E-state index contributed by atoms with van der Waals surface area (Å²) in [5.41, 5.74) is -0.742. The molecule has 2 aromatic rings. The average molecular weight is 222 g/mol. The van der Waals surface area contributed by atoms with Gasteiger partial charge in [-0.2, -0.15) is 0 Å². The fourth-order valence-corrected chi connectivity index (χ4v) is 1.43. The Labute approximate surface area is 89.8 Å². The molecule has 1 aromatic heterocycles. The van der Waals surface area contributed by atoms with Crippen LogP contribution in [0.5, 0.6) is 0 Å². The van der Waals surface area contributed by atoms with Gasteiger partial charge in [0.2, 0.25) is 0 Å². The number of hydrogen-bond acceptors (Lipinski definition) is 2. The van der Waals surface area contributed by atoms with Crippen molar-refractivity contribution in [2.24, 2.45) is 0 Å². The topological polar surface area (TPSA) is 45.8 Å². The predicted molar refractivity (Wildman–Crippen MR) is 54.9 cm³/mol. The van der Waals surface area contributed by atoms with Crippen molar-refractivity contribution < 1.29 is 8.78 Å². The van der Waals surface area contributed by atoms with Crippen LogP contribution in [0.1, 0.15) is 5.56 Å². The van der Waals surface area contributed by atoms with Crippen LogP contribution >= 0.6 is 0 Å². The van der Waals surface area contributed by atoms with Crippen molar-refractivity contribution in [1.82, 2.24) is 9.97 Å². The van der Waals surface area contributed by atoms with Crippen molar-refractivity contribution in [3.63, 3.8) is 0 Å². The molecule has 2 rings (SSSR count). The van der Waals surface area contributed by atoms with Crippen LogP contribution in [0.2, 0.25) is 0 Å². The molecule has 16 heavy (non-hydrogen) atoms. The molecule has 1 aromatic carbocycles. The third-order valence-electron chi connectivity index (χ3n) is 2.27. The number of halogens is 2. The van der Waals surface area contributed by atoms with Crippen LogP contribution in [0.4, 0.5) is 8.78 Å².